The van der Waals surface area contributed by atoms with Crippen LogP contribution in [0, 0.1) is 11.8 Å². The first-order valence-electron chi connectivity index (χ1n) is 8.74. The number of halogens is 5. The van der Waals surface area contributed by atoms with E-state index in [0.29, 0.717) is 25.9 Å². The average Bonchev–Trinajstić information content (AvgIpc) is 2.62. The van der Waals surface area contributed by atoms with Crippen molar-refractivity contribution in [3.63, 3.8) is 0 Å². The highest BCUT2D eigenvalue weighted by atomic mass is 35.5. The fraction of sp³-hybridized carbons (Fsp3) is 0.556. The summed E-state index contributed by atoms with van der Waals surface area (Å²) >= 11 is 11.9. The minimum absolute atomic E-state index is 0.0429. The van der Waals surface area contributed by atoms with E-state index in [-0.39, 0.29) is 39.1 Å². The molecule has 0 bridgehead atoms. The van der Waals surface area contributed by atoms with E-state index in [0.717, 1.165) is 6.07 Å². The Morgan fingerprint density at radius 2 is 1.71 bits per heavy atom. The maximum absolute atomic E-state index is 12.6. The molecule has 10 heteroatoms. The lowest BCUT2D eigenvalue weighted by molar-refractivity contribution is -0.189. The van der Waals surface area contributed by atoms with E-state index in [1.807, 2.05) is 13.8 Å². The smallest absolute Gasteiger partial charge is 0.419 e. The molecule has 0 spiro atoms. The molecule has 1 aliphatic rings. The third-order valence-corrected chi connectivity index (χ3v) is 5.42. The number of likely N-dealkylation sites (tertiary alicyclic amines) is 1. The molecule has 0 aromatic heterocycles. The van der Waals surface area contributed by atoms with Crippen molar-refractivity contribution in [2.75, 3.05) is 13.1 Å². The molecular weight excluding hydrogens is 420 g/mol. The number of carbonyl (C=O) groups excluding carboxylic acids is 2. The fourth-order valence-corrected chi connectivity index (χ4v) is 3.47. The molecule has 1 amide bonds. The zero-order valence-electron chi connectivity index (χ0n) is 15.4. The van der Waals surface area contributed by atoms with Gasteiger partial charge in [-0.25, -0.2) is 4.79 Å². The molecule has 1 aliphatic heterocycles. The number of carbonyl (C=O) groups is 2. The first-order valence-corrected chi connectivity index (χ1v) is 9.49. The summed E-state index contributed by atoms with van der Waals surface area (Å²) in [5.41, 5.74) is 6.45. The van der Waals surface area contributed by atoms with Crippen molar-refractivity contribution in [1.29, 1.82) is 0 Å². The normalized spacial score (nSPS) is 17.0. The van der Waals surface area contributed by atoms with E-state index in [1.54, 1.807) is 4.90 Å². The number of amides is 1. The minimum atomic E-state index is -5.16. The Morgan fingerprint density at radius 1 is 1.18 bits per heavy atom. The Bertz CT molecular complexity index is 748. The van der Waals surface area contributed by atoms with Crippen LogP contribution in [0.5, 0.6) is 5.75 Å². The average molecular weight is 441 g/mol. The molecule has 0 radical (unpaired) electrons. The minimum Gasteiger partial charge on any atom is -0.419 e. The maximum atomic E-state index is 12.6. The molecule has 1 aromatic rings. The second-order valence-electron chi connectivity index (χ2n) is 7.03. The van der Waals surface area contributed by atoms with Crippen LogP contribution >= 0.6 is 23.2 Å². The summed E-state index contributed by atoms with van der Waals surface area (Å²) in [5.74, 6) is -2.94. The topological polar surface area (TPSA) is 72.6 Å². The zero-order chi connectivity index (χ0) is 21.2. The van der Waals surface area contributed by atoms with E-state index in [1.165, 1.54) is 6.07 Å². The van der Waals surface area contributed by atoms with E-state index in [4.69, 9.17) is 28.9 Å². The summed E-state index contributed by atoms with van der Waals surface area (Å²) in [7, 11) is 0. The maximum Gasteiger partial charge on any atom is 0.491 e. The van der Waals surface area contributed by atoms with Gasteiger partial charge in [0.15, 0.2) is 0 Å². The van der Waals surface area contributed by atoms with E-state index < -0.39 is 18.2 Å². The molecule has 1 aromatic carbocycles. The molecule has 1 saturated heterocycles. The van der Waals surface area contributed by atoms with E-state index in [9.17, 15) is 22.8 Å². The molecule has 0 aliphatic carbocycles. The Balaban J connectivity index is 2.21. The molecule has 1 unspecified atom stereocenters. The van der Waals surface area contributed by atoms with Gasteiger partial charge in [0.2, 0.25) is 5.91 Å². The van der Waals surface area contributed by atoms with E-state index >= 15 is 0 Å². The third kappa shape index (κ3) is 5.30. The first-order chi connectivity index (χ1) is 12.9. The van der Waals surface area contributed by atoms with Crippen LogP contribution in [0.4, 0.5) is 13.2 Å². The van der Waals surface area contributed by atoms with Crippen molar-refractivity contribution in [2.24, 2.45) is 17.6 Å². The monoisotopic (exact) mass is 440 g/mol. The van der Waals surface area contributed by atoms with Crippen molar-refractivity contribution in [2.45, 2.75) is 38.9 Å². The number of ether oxygens (including phenoxy) is 1. The van der Waals surface area contributed by atoms with Crippen LogP contribution in [0.25, 0.3) is 0 Å². The molecule has 1 fully saturated rings. The van der Waals surface area contributed by atoms with Gasteiger partial charge < -0.3 is 15.4 Å². The van der Waals surface area contributed by atoms with Crippen molar-refractivity contribution >= 4 is 35.1 Å². The van der Waals surface area contributed by atoms with Crippen molar-refractivity contribution in [3.05, 3.63) is 27.7 Å². The van der Waals surface area contributed by atoms with Gasteiger partial charge in [-0.15, -0.1) is 0 Å². The molecular formula is C18H21Cl2F3N2O3. The molecule has 28 heavy (non-hydrogen) atoms. The number of hydrogen-bond donors (Lipinski definition) is 1. The number of benzene rings is 1. The third-order valence-electron chi connectivity index (χ3n) is 4.70. The van der Waals surface area contributed by atoms with Crippen molar-refractivity contribution < 1.29 is 27.5 Å². The number of piperidine rings is 1. The van der Waals surface area contributed by atoms with E-state index in [2.05, 4.69) is 4.74 Å². The number of esters is 1. The Hall–Kier alpha value is -1.51. The molecule has 0 saturated carbocycles. The van der Waals surface area contributed by atoms with Gasteiger partial charge in [-0.1, -0.05) is 37.0 Å². The van der Waals surface area contributed by atoms with Gasteiger partial charge in [0.1, 0.15) is 5.75 Å². The van der Waals surface area contributed by atoms with Gasteiger partial charge in [-0.3, -0.25) is 4.79 Å². The SMILES string of the molecule is CC(C)C(=O)N1CCC(C(N)c2cc(Cl)c(Cl)cc2OC(=O)C(F)(F)F)CC1. The number of nitrogens with two attached hydrogens (primary N) is 1. The summed E-state index contributed by atoms with van der Waals surface area (Å²) in [4.78, 5) is 25.1. The van der Waals surface area contributed by atoms with Gasteiger partial charge in [0.05, 0.1) is 10.0 Å². The van der Waals surface area contributed by atoms with Crippen LogP contribution in [0.3, 0.4) is 0 Å². The van der Waals surface area contributed by atoms with Crippen LogP contribution in [-0.2, 0) is 9.59 Å². The second kappa shape index (κ2) is 8.88. The van der Waals surface area contributed by atoms with Gasteiger partial charge >= 0.3 is 12.1 Å². The Labute approximate surface area is 170 Å². The molecule has 1 heterocycles. The predicted octanol–water partition coefficient (Wildman–Crippen LogP) is 4.36. The molecule has 5 nitrogen and oxygen atoms in total. The lowest BCUT2D eigenvalue weighted by Gasteiger charge is -2.36. The highest BCUT2D eigenvalue weighted by Crippen LogP contribution is 2.39. The Kier molecular flexibility index (Phi) is 7.22. The summed E-state index contributed by atoms with van der Waals surface area (Å²) < 4.78 is 42.2. The highest BCUT2D eigenvalue weighted by molar-refractivity contribution is 6.42. The van der Waals surface area contributed by atoms with Gasteiger partial charge in [0, 0.05) is 36.7 Å². The van der Waals surface area contributed by atoms with Crippen molar-refractivity contribution in [3.8, 4) is 5.75 Å². The predicted molar refractivity (Wildman–Crippen MR) is 99.2 cm³/mol. The van der Waals surface area contributed by atoms with Crippen LogP contribution in [0.1, 0.15) is 38.3 Å². The quantitative estimate of drug-likeness (QED) is 0.557. The molecule has 2 rings (SSSR count). The van der Waals surface area contributed by atoms with Gasteiger partial charge in [-0.05, 0) is 24.8 Å². The van der Waals surface area contributed by atoms with Crippen LogP contribution in [0.15, 0.2) is 12.1 Å². The van der Waals surface area contributed by atoms with Crippen LogP contribution in [0.2, 0.25) is 10.0 Å². The first kappa shape index (κ1) is 22.8. The highest BCUT2D eigenvalue weighted by Gasteiger charge is 2.42. The standard InChI is InChI=1S/C18H21Cl2F3N2O3/c1-9(2)16(26)25-5-3-10(4-6-25)15(24)11-7-12(19)13(20)8-14(11)28-17(27)18(21,22)23/h7-10,15H,3-6,24H2,1-2H3. The Morgan fingerprint density at radius 3 is 2.21 bits per heavy atom. The summed E-state index contributed by atoms with van der Waals surface area (Å²) in [6.07, 6.45) is -4.03. The number of nitrogens with zero attached hydrogens (tertiary/aromatic N) is 1. The van der Waals surface area contributed by atoms with Crippen molar-refractivity contribution in [1.82, 2.24) is 4.90 Å². The summed E-state index contributed by atoms with van der Waals surface area (Å²) in [5, 5.41) is 0.0336. The fourth-order valence-electron chi connectivity index (χ4n) is 3.15. The summed E-state index contributed by atoms with van der Waals surface area (Å²) in [6, 6.07) is 1.64. The number of alkyl halides is 3. The molecule has 2 N–H and O–H groups in total. The van der Waals surface area contributed by atoms with Crippen LogP contribution < -0.4 is 10.5 Å². The molecule has 156 valence electrons. The van der Waals surface area contributed by atoms with Gasteiger partial charge in [0.25, 0.3) is 0 Å². The number of rotatable bonds is 4. The second-order valence-corrected chi connectivity index (χ2v) is 7.85. The lowest BCUT2D eigenvalue weighted by Crippen LogP contribution is -2.42. The van der Waals surface area contributed by atoms with Gasteiger partial charge in [-0.2, -0.15) is 13.2 Å². The largest absolute Gasteiger partial charge is 0.491 e. The zero-order valence-corrected chi connectivity index (χ0v) is 16.9. The number of hydrogen-bond acceptors (Lipinski definition) is 4. The van der Waals surface area contributed by atoms with Crippen LogP contribution in [-0.4, -0.2) is 36.0 Å². The summed E-state index contributed by atoms with van der Waals surface area (Å²) in [6.45, 7) is 4.62. The lowest BCUT2D eigenvalue weighted by atomic mass is 9.85. The molecule has 1 atom stereocenters.